The Morgan fingerprint density at radius 1 is 1.62 bits per heavy atom. The Hall–Kier alpha value is -2.04. The van der Waals surface area contributed by atoms with Crippen molar-refractivity contribution in [1.29, 1.82) is 0 Å². The average Bonchev–Trinajstić information content (AvgIpc) is 2.67. The first-order chi connectivity index (χ1) is 7.59. The highest BCUT2D eigenvalue weighted by Gasteiger charge is 2.27. The van der Waals surface area contributed by atoms with E-state index < -0.39 is 6.04 Å². The van der Waals surface area contributed by atoms with E-state index in [2.05, 4.69) is 10.3 Å². The van der Waals surface area contributed by atoms with Crippen LogP contribution in [0.2, 0.25) is 0 Å². The van der Waals surface area contributed by atoms with Crippen molar-refractivity contribution in [2.24, 2.45) is 10.7 Å². The first-order valence-electron chi connectivity index (χ1n) is 4.95. The number of nitrogens with one attached hydrogen (secondary N) is 1. The Morgan fingerprint density at radius 3 is 2.94 bits per heavy atom. The maximum atomic E-state index is 11.6. The minimum Gasteiger partial charge on any atom is -0.467 e. The van der Waals surface area contributed by atoms with Gasteiger partial charge in [-0.15, -0.1) is 0 Å². The molecular formula is C11H13N3O2. The lowest BCUT2D eigenvalue weighted by molar-refractivity contribution is -0.114. The first-order valence-corrected chi connectivity index (χ1v) is 4.95. The second kappa shape index (κ2) is 3.84. The number of nitrogens with two attached hydrogens (primary N) is 1. The first kappa shape index (κ1) is 10.5. The predicted molar refractivity (Wildman–Crippen MR) is 59.6 cm³/mol. The molecule has 1 aromatic heterocycles. The van der Waals surface area contributed by atoms with Crippen molar-refractivity contribution in [2.45, 2.75) is 19.9 Å². The maximum Gasteiger partial charge on any atom is 0.193 e. The second-order valence-electron chi connectivity index (χ2n) is 3.65. The molecule has 0 spiro atoms. The van der Waals surface area contributed by atoms with Gasteiger partial charge in [0, 0.05) is 11.3 Å². The van der Waals surface area contributed by atoms with Gasteiger partial charge in [0.25, 0.3) is 0 Å². The number of hydrogen-bond acceptors (Lipinski definition) is 5. The number of ketones is 1. The lowest BCUT2D eigenvalue weighted by Crippen LogP contribution is -2.36. The molecule has 0 bridgehead atoms. The quantitative estimate of drug-likeness (QED) is 0.780. The van der Waals surface area contributed by atoms with Crippen LogP contribution < -0.4 is 11.1 Å². The molecular weight excluding hydrogens is 206 g/mol. The van der Waals surface area contributed by atoms with Crippen molar-refractivity contribution in [3.63, 3.8) is 0 Å². The van der Waals surface area contributed by atoms with Gasteiger partial charge in [0.05, 0.1) is 6.26 Å². The van der Waals surface area contributed by atoms with Crippen molar-refractivity contribution in [2.75, 3.05) is 0 Å². The molecule has 16 heavy (non-hydrogen) atoms. The van der Waals surface area contributed by atoms with E-state index in [0.717, 1.165) is 5.70 Å². The van der Waals surface area contributed by atoms with Crippen LogP contribution in [0.25, 0.3) is 0 Å². The van der Waals surface area contributed by atoms with Crippen LogP contribution in [0.3, 0.4) is 0 Å². The van der Waals surface area contributed by atoms with E-state index in [1.165, 1.54) is 6.92 Å². The highest BCUT2D eigenvalue weighted by atomic mass is 16.3. The van der Waals surface area contributed by atoms with Crippen LogP contribution in [0.5, 0.6) is 0 Å². The second-order valence-corrected chi connectivity index (χ2v) is 3.65. The van der Waals surface area contributed by atoms with Crippen LogP contribution in [0.4, 0.5) is 0 Å². The normalized spacial score (nSPS) is 20.4. The maximum absolute atomic E-state index is 11.6. The highest BCUT2D eigenvalue weighted by molar-refractivity contribution is 5.98. The molecule has 1 aliphatic rings. The van der Waals surface area contributed by atoms with Gasteiger partial charge in [-0.25, -0.2) is 4.99 Å². The van der Waals surface area contributed by atoms with Gasteiger partial charge in [-0.2, -0.15) is 0 Å². The van der Waals surface area contributed by atoms with Gasteiger partial charge in [0.1, 0.15) is 11.8 Å². The lowest BCUT2D eigenvalue weighted by Gasteiger charge is -2.22. The van der Waals surface area contributed by atoms with E-state index in [1.807, 2.05) is 0 Å². The number of furan rings is 1. The highest BCUT2D eigenvalue weighted by Crippen LogP contribution is 2.30. The molecule has 0 unspecified atom stereocenters. The Kier molecular flexibility index (Phi) is 2.52. The minimum absolute atomic E-state index is 0.0392. The molecule has 0 saturated carbocycles. The number of guanidine groups is 1. The van der Waals surface area contributed by atoms with Crippen LogP contribution in [0.15, 0.2) is 39.1 Å². The summed E-state index contributed by atoms with van der Waals surface area (Å²) in [7, 11) is 0. The molecule has 2 heterocycles. The van der Waals surface area contributed by atoms with Crippen molar-refractivity contribution >= 4 is 11.7 Å². The largest absolute Gasteiger partial charge is 0.467 e. The zero-order valence-corrected chi connectivity index (χ0v) is 9.15. The number of Topliss-reactive ketones (excluding diaryl/α,β-unsaturated/α-hetero) is 1. The van der Waals surface area contributed by atoms with E-state index in [9.17, 15) is 4.79 Å². The standard InChI is InChI=1S/C11H13N3O2/c1-6-9(7(2)15)10(14-11(12)13-6)8-4-3-5-16-8/h3-5,10H,1-2H3,(H3,12,13,14)/t10-/m0/s1. The molecule has 0 aliphatic carbocycles. The Balaban J connectivity index is 2.47. The summed E-state index contributed by atoms with van der Waals surface area (Å²) in [4.78, 5) is 15.8. The van der Waals surface area contributed by atoms with E-state index in [4.69, 9.17) is 10.2 Å². The Labute approximate surface area is 93.0 Å². The van der Waals surface area contributed by atoms with Gasteiger partial charge in [0.2, 0.25) is 0 Å². The van der Waals surface area contributed by atoms with Crippen molar-refractivity contribution in [3.8, 4) is 0 Å². The van der Waals surface area contributed by atoms with E-state index >= 15 is 0 Å². The van der Waals surface area contributed by atoms with E-state index in [-0.39, 0.29) is 5.78 Å². The number of rotatable bonds is 2. The molecule has 1 aromatic rings. The van der Waals surface area contributed by atoms with Gasteiger partial charge < -0.3 is 15.5 Å². The summed E-state index contributed by atoms with van der Waals surface area (Å²) in [5.41, 5.74) is 6.95. The van der Waals surface area contributed by atoms with Crippen molar-refractivity contribution in [1.82, 2.24) is 5.32 Å². The van der Waals surface area contributed by atoms with Gasteiger partial charge in [-0.3, -0.25) is 4.79 Å². The molecule has 3 N–H and O–H groups in total. The topological polar surface area (TPSA) is 80.6 Å². The smallest absolute Gasteiger partial charge is 0.193 e. The fourth-order valence-electron chi connectivity index (χ4n) is 1.81. The van der Waals surface area contributed by atoms with E-state index in [1.54, 1.807) is 25.3 Å². The van der Waals surface area contributed by atoms with Crippen LogP contribution >= 0.6 is 0 Å². The van der Waals surface area contributed by atoms with Gasteiger partial charge in [-0.1, -0.05) is 0 Å². The third-order valence-electron chi connectivity index (χ3n) is 2.45. The predicted octanol–water partition coefficient (Wildman–Crippen LogP) is 1.10. The zero-order valence-electron chi connectivity index (χ0n) is 9.15. The summed E-state index contributed by atoms with van der Waals surface area (Å²) in [5, 5.41) is 2.85. The Morgan fingerprint density at radius 2 is 2.38 bits per heavy atom. The minimum atomic E-state index is -0.436. The third-order valence-corrected chi connectivity index (χ3v) is 2.45. The molecule has 1 aliphatic heterocycles. The van der Waals surface area contributed by atoms with Crippen molar-refractivity contribution in [3.05, 3.63) is 35.4 Å². The van der Waals surface area contributed by atoms with Gasteiger partial charge in [-0.05, 0) is 26.0 Å². The fourth-order valence-corrected chi connectivity index (χ4v) is 1.81. The van der Waals surface area contributed by atoms with Gasteiger partial charge >= 0.3 is 0 Å². The zero-order chi connectivity index (χ0) is 11.7. The van der Waals surface area contributed by atoms with Crippen LogP contribution in [0.1, 0.15) is 25.6 Å². The summed E-state index contributed by atoms with van der Waals surface area (Å²) < 4.78 is 5.27. The fraction of sp³-hybridized carbons (Fsp3) is 0.273. The number of hydrogen-bond donors (Lipinski definition) is 2. The number of aliphatic imine (C=N–C) groups is 1. The molecule has 0 amide bonds. The lowest BCUT2D eigenvalue weighted by atomic mass is 9.98. The van der Waals surface area contributed by atoms with Crippen molar-refractivity contribution < 1.29 is 9.21 Å². The summed E-state index contributed by atoms with van der Waals surface area (Å²) in [5.74, 6) is 0.876. The molecule has 5 heteroatoms. The Bertz CT molecular complexity index is 471. The summed E-state index contributed by atoms with van der Waals surface area (Å²) in [6.45, 7) is 3.31. The van der Waals surface area contributed by atoms with Crippen LogP contribution in [-0.4, -0.2) is 11.7 Å². The summed E-state index contributed by atoms with van der Waals surface area (Å²) in [6.07, 6.45) is 1.55. The molecule has 2 rings (SSSR count). The molecule has 0 fully saturated rings. The average molecular weight is 219 g/mol. The molecule has 0 aromatic carbocycles. The van der Waals surface area contributed by atoms with Crippen LogP contribution in [-0.2, 0) is 4.79 Å². The number of nitrogens with zero attached hydrogens (tertiary/aromatic N) is 1. The monoisotopic (exact) mass is 219 g/mol. The number of carbonyl (C=O) groups excluding carboxylic acids is 1. The number of allylic oxidation sites excluding steroid dienone is 1. The van der Waals surface area contributed by atoms with E-state index in [0.29, 0.717) is 17.3 Å². The summed E-state index contributed by atoms with van der Waals surface area (Å²) in [6, 6.07) is 3.10. The summed E-state index contributed by atoms with van der Waals surface area (Å²) >= 11 is 0. The van der Waals surface area contributed by atoms with Crippen LogP contribution in [0, 0.1) is 0 Å². The molecule has 5 nitrogen and oxygen atoms in total. The molecule has 1 atom stereocenters. The molecule has 0 radical (unpaired) electrons. The number of carbonyl (C=O) groups is 1. The third kappa shape index (κ3) is 1.71. The molecule has 84 valence electrons. The SMILES string of the molecule is CC(=O)C1=C(C)NC(N)=N[C@H]1c1ccco1. The molecule has 0 saturated heterocycles. The van der Waals surface area contributed by atoms with Gasteiger partial charge in [0.15, 0.2) is 11.7 Å².